The molecule has 1 aliphatic rings. The van der Waals surface area contributed by atoms with Gasteiger partial charge in [-0.1, -0.05) is 0 Å². The van der Waals surface area contributed by atoms with Crippen LogP contribution in [-0.2, 0) is 9.47 Å². The van der Waals surface area contributed by atoms with E-state index >= 15 is 0 Å². The molecule has 1 aliphatic heterocycles. The highest BCUT2D eigenvalue weighted by atomic mass is 16.5. The van der Waals surface area contributed by atoms with Gasteiger partial charge in [0.1, 0.15) is 0 Å². The van der Waals surface area contributed by atoms with Crippen LogP contribution in [0.2, 0.25) is 0 Å². The van der Waals surface area contributed by atoms with Crippen LogP contribution in [0.1, 0.15) is 0 Å². The number of hydrogen-bond donors (Lipinski definition) is 1. The highest BCUT2D eigenvalue weighted by Gasteiger charge is 2.29. The number of nitrogens with zero attached hydrogens (tertiary/aromatic N) is 1. The molecule has 0 atom stereocenters. The standard InChI is InChI=1S/C8H19N2O2/c1-11-7-10(8-12-2)5-3-9-4-6-10/h9H,3-8H2,1-2H3/q+1. The molecule has 0 aromatic heterocycles. The Morgan fingerprint density at radius 2 is 1.58 bits per heavy atom. The van der Waals surface area contributed by atoms with Crippen LogP contribution in [0.4, 0.5) is 0 Å². The van der Waals surface area contributed by atoms with Gasteiger partial charge in [-0.05, 0) is 0 Å². The van der Waals surface area contributed by atoms with Gasteiger partial charge < -0.3 is 14.8 Å². The predicted molar refractivity (Wildman–Crippen MR) is 46.6 cm³/mol. The molecule has 1 rings (SSSR count). The van der Waals surface area contributed by atoms with Crippen molar-refractivity contribution in [3.05, 3.63) is 0 Å². The third-order valence-corrected chi connectivity index (χ3v) is 2.33. The minimum atomic E-state index is 0.759. The van der Waals surface area contributed by atoms with Crippen molar-refractivity contribution < 1.29 is 14.0 Å². The van der Waals surface area contributed by atoms with Gasteiger partial charge in [-0.25, -0.2) is 0 Å². The Morgan fingerprint density at radius 1 is 1.08 bits per heavy atom. The Hall–Kier alpha value is -0.160. The maximum absolute atomic E-state index is 5.20. The summed E-state index contributed by atoms with van der Waals surface area (Å²) in [5.74, 6) is 0. The van der Waals surface area contributed by atoms with E-state index in [1.165, 1.54) is 0 Å². The number of quaternary nitrogens is 1. The van der Waals surface area contributed by atoms with E-state index in [1.54, 1.807) is 14.2 Å². The topological polar surface area (TPSA) is 30.5 Å². The van der Waals surface area contributed by atoms with Gasteiger partial charge in [-0.3, -0.25) is 4.48 Å². The van der Waals surface area contributed by atoms with Crippen LogP contribution in [0.15, 0.2) is 0 Å². The molecule has 0 bridgehead atoms. The van der Waals surface area contributed by atoms with Crippen LogP contribution in [0, 0.1) is 0 Å². The lowest BCUT2D eigenvalue weighted by Crippen LogP contribution is -2.60. The smallest absolute Gasteiger partial charge is 0.184 e. The molecule has 0 amide bonds. The van der Waals surface area contributed by atoms with Crippen LogP contribution in [0.5, 0.6) is 0 Å². The lowest BCUT2D eigenvalue weighted by Gasteiger charge is -2.39. The van der Waals surface area contributed by atoms with Gasteiger partial charge in [0.2, 0.25) is 0 Å². The lowest BCUT2D eigenvalue weighted by molar-refractivity contribution is -0.962. The van der Waals surface area contributed by atoms with Crippen molar-refractivity contribution in [2.45, 2.75) is 0 Å². The monoisotopic (exact) mass is 175 g/mol. The molecule has 0 aliphatic carbocycles. The highest BCUT2D eigenvalue weighted by molar-refractivity contribution is 4.53. The number of piperazine rings is 1. The summed E-state index contributed by atoms with van der Waals surface area (Å²) in [4.78, 5) is 0. The summed E-state index contributed by atoms with van der Waals surface area (Å²) in [7, 11) is 3.50. The average molecular weight is 175 g/mol. The van der Waals surface area contributed by atoms with E-state index in [2.05, 4.69) is 5.32 Å². The second-order valence-electron chi connectivity index (χ2n) is 3.37. The van der Waals surface area contributed by atoms with Gasteiger partial charge in [0.15, 0.2) is 13.5 Å². The summed E-state index contributed by atoms with van der Waals surface area (Å²) < 4.78 is 11.3. The second kappa shape index (κ2) is 4.77. The molecular formula is C8H19N2O2+. The van der Waals surface area contributed by atoms with Gasteiger partial charge in [0.05, 0.1) is 13.1 Å². The Morgan fingerprint density at radius 3 is 2.00 bits per heavy atom. The first kappa shape index (κ1) is 9.92. The van der Waals surface area contributed by atoms with Gasteiger partial charge in [0, 0.05) is 27.3 Å². The van der Waals surface area contributed by atoms with Crippen molar-refractivity contribution in [3.63, 3.8) is 0 Å². The molecule has 1 heterocycles. The zero-order valence-corrected chi connectivity index (χ0v) is 8.01. The van der Waals surface area contributed by atoms with Crippen LogP contribution in [-0.4, -0.2) is 58.3 Å². The maximum Gasteiger partial charge on any atom is 0.184 e. The summed E-state index contributed by atoms with van der Waals surface area (Å²) in [6.07, 6.45) is 0. The minimum Gasteiger partial charge on any atom is -0.335 e. The molecule has 12 heavy (non-hydrogen) atoms. The van der Waals surface area contributed by atoms with Crippen molar-refractivity contribution in [1.82, 2.24) is 5.32 Å². The van der Waals surface area contributed by atoms with E-state index in [4.69, 9.17) is 9.47 Å². The molecule has 0 aromatic carbocycles. The first-order valence-electron chi connectivity index (χ1n) is 4.37. The van der Waals surface area contributed by atoms with Gasteiger partial charge in [-0.15, -0.1) is 0 Å². The molecule has 0 unspecified atom stereocenters. The van der Waals surface area contributed by atoms with E-state index in [-0.39, 0.29) is 0 Å². The Kier molecular flexibility index (Phi) is 3.94. The largest absolute Gasteiger partial charge is 0.335 e. The lowest BCUT2D eigenvalue weighted by atomic mass is 10.3. The second-order valence-corrected chi connectivity index (χ2v) is 3.37. The van der Waals surface area contributed by atoms with E-state index in [1.807, 2.05) is 0 Å². The minimum absolute atomic E-state index is 0.759. The Labute approximate surface area is 74.0 Å². The SMILES string of the molecule is COC[N+]1(COC)CCNCC1. The third kappa shape index (κ3) is 2.42. The third-order valence-electron chi connectivity index (χ3n) is 2.33. The van der Waals surface area contributed by atoms with E-state index in [0.29, 0.717) is 0 Å². The van der Waals surface area contributed by atoms with Crippen molar-refractivity contribution in [3.8, 4) is 0 Å². The van der Waals surface area contributed by atoms with E-state index in [9.17, 15) is 0 Å². The van der Waals surface area contributed by atoms with E-state index in [0.717, 1.165) is 44.1 Å². The summed E-state index contributed by atoms with van der Waals surface area (Å²) in [5, 5.41) is 3.33. The number of hydrogen-bond acceptors (Lipinski definition) is 3. The fourth-order valence-corrected chi connectivity index (χ4v) is 1.71. The van der Waals surface area contributed by atoms with Crippen LogP contribution in [0.3, 0.4) is 0 Å². The molecular weight excluding hydrogens is 156 g/mol. The Balaban J connectivity index is 2.44. The van der Waals surface area contributed by atoms with Crippen molar-refractivity contribution in [2.24, 2.45) is 0 Å². The van der Waals surface area contributed by atoms with Crippen molar-refractivity contribution in [2.75, 3.05) is 53.9 Å². The van der Waals surface area contributed by atoms with Crippen LogP contribution < -0.4 is 5.32 Å². The molecule has 0 saturated carbocycles. The summed E-state index contributed by atoms with van der Waals surface area (Å²) in [5.41, 5.74) is 0. The number of nitrogens with one attached hydrogen (secondary N) is 1. The zero-order valence-electron chi connectivity index (χ0n) is 8.01. The fraction of sp³-hybridized carbons (Fsp3) is 1.00. The zero-order chi connectivity index (χ0) is 8.86. The Bertz CT molecular complexity index is 109. The summed E-state index contributed by atoms with van der Waals surface area (Å²) >= 11 is 0. The molecule has 72 valence electrons. The molecule has 1 fully saturated rings. The van der Waals surface area contributed by atoms with Gasteiger partial charge >= 0.3 is 0 Å². The first-order chi connectivity index (χ1) is 5.83. The fourth-order valence-electron chi connectivity index (χ4n) is 1.71. The summed E-state index contributed by atoms with van der Waals surface area (Å²) in [6, 6.07) is 0. The molecule has 4 nitrogen and oxygen atoms in total. The van der Waals surface area contributed by atoms with Crippen molar-refractivity contribution >= 4 is 0 Å². The normalized spacial score (nSPS) is 22.5. The van der Waals surface area contributed by atoms with Gasteiger partial charge in [0.25, 0.3) is 0 Å². The number of ether oxygens (including phenoxy) is 2. The molecule has 1 saturated heterocycles. The number of rotatable bonds is 4. The molecule has 0 radical (unpaired) electrons. The van der Waals surface area contributed by atoms with Crippen LogP contribution >= 0.6 is 0 Å². The maximum atomic E-state index is 5.20. The first-order valence-corrected chi connectivity index (χ1v) is 4.37. The molecule has 0 aromatic rings. The summed E-state index contributed by atoms with van der Waals surface area (Å²) in [6.45, 7) is 5.84. The predicted octanol–water partition coefficient (Wildman–Crippen LogP) is -0.386. The molecule has 1 N–H and O–H groups in total. The quantitative estimate of drug-likeness (QED) is 0.591. The molecule has 4 heteroatoms. The van der Waals surface area contributed by atoms with Crippen molar-refractivity contribution in [1.29, 1.82) is 0 Å². The average Bonchev–Trinajstić information content (AvgIpc) is 2.07. The van der Waals surface area contributed by atoms with E-state index < -0.39 is 0 Å². The van der Waals surface area contributed by atoms with Gasteiger partial charge in [-0.2, -0.15) is 0 Å². The van der Waals surface area contributed by atoms with Crippen LogP contribution in [0.25, 0.3) is 0 Å². The number of methoxy groups -OCH3 is 2. The highest BCUT2D eigenvalue weighted by Crippen LogP contribution is 2.08. The molecule has 0 spiro atoms.